The van der Waals surface area contributed by atoms with Gasteiger partial charge in [-0.3, -0.25) is 44.2 Å². The molecule has 5 aromatic rings. The molecule has 324 valence electrons. The Balaban J connectivity index is 0.787. The lowest BCUT2D eigenvalue weighted by molar-refractivity contribution is -0.136. The van der Waals surface area contributed by atoms with Crippen molar-refractivity contribution in [2.45, 2.75) is 50.2 Å². The minimum Gasteiger partial charge on any atom is -0.381 e. The van der Waals surface area contributed by atoms with Crippen LogP contribution in [0, 0.1) is 11.6 Å². The number of aromatic nitrogens is 2. The summed E-state index contributed by atoms with van der Waals surface area (Å²) in [7, 11) is 0. The van der Waals surface area contributed by atoms with Crippen LogP contribution in [-0.2, 0) is 20.7 Å². The van der Waals surface area contributed by atoms with Gasteiger partial charge in [0.15, 0.2) is 5.82 Å². The maximum atomic E-state index is 14.0. The van der Waals surface area contributed by atoms with Gasteiger partial charge in [0.05, 0.1) is 22.2 Å². The molecule has 4 fully saturated rings. The molecule has 17 heteroatoms. The number of hydrogen-bond donors (Lipinski definition) is 4. The number of hydrogen-bond acceptors (Lipinski definition) is 11. The highest BCUT2D eigenvalue weighted by molar-refractivity contribution is 6.23. The number of rotatable bonds is 10. The molecule has 4 aromatic carbocycles. The molecule has 1 atom stereocenters. The van der Waals surface area contributed by atoms with E-state index >= 15 is 0 Å². The van der Waals surface area contributed by atoms with E-state index in [2.05, 4.69) is 40.8 Å². The zero-order valence-corrected chi connectivity index (χ0v) is 34.3. The molecule has 1 aromatic heterocycles. The Bertz CT molecular complexity index is 2650. The maximum Gasteiger partial charge on any atom is 0.262 e. The second-order valence-corrected chi connectivity index (χ2v) is 16.9. The van der Waals surface area contributed by atoms with E-state index in [1.165, 1.54) is 12.1 Å². The van der Waals surface area contributed by atoms with Crippen LogP contribution in [-0.4, -0.2) is 120 Å². The van der Waals surface area contributed by atoms with E-state index in [9.17, 15) is 32.8 Å². The van der Waals surface area contributed by atoms with Gasteiger partial charge < -0.3 is 25.2 Å². The van der Waals surface area contributed by atoms with Gasteiger partial charge in [-0.25, -0.2) is 8.78 Å². The second-order valence-electron chi connectivity index (χ2n) is 16.9. The molecule has 5 amide bonds. The van der Waals surface area contributed by atoms with Gasteiger partial charge in [-0.15, -0.1) is 0 Å². The van der Waals surface area contributed by atoms with Gasteiger partial charge in [0.25, 0.3) is 17.7 Å². The van der Waals surface area contributed by atoms with Crippen LogP contribution in [0.5, 0.6) is 0 Å². The predicted octanol–water partition coefficient (Wildman–Crippen LogP) is 4.69. The predicted molar refractivity (Wildman–Crippen MR) is 230 cm³/mol. The van der Waals surface area contributed by atoms with Crippen LogP contribution >= 0.6 is 0 Å². The molecular weight excluding hydrogens is 813 g/mol. The molecule has 0 radical (unpaired) electrons. The normalized spacial score (nSPS) is 20.0. The molecule has 0 saturated carbocycles. The third-order valence-corrected chi connectivity index (χ3v) is 12.9. The summed E-state index contributed by atoms with van der Waals surface area (Å²) in [6.45, 7) is 6.05. The lowest BCUT2D eigenvalue weighted by atomic mass is 10.0. The quantitative estimate of drug-likeness (QED) is 0.144. The Labute approximate surface area is 360 Å². The van der Waals surface area contributed by atoms with E-state index in [1.54, 1.807) is 12.1 Å². The molecule has 6 heterocycles. The van der Waals surface area contributed by atoms with Crippen molar-refractivity contribution in [2.75, 3.05) is 72.9 Å². The number of carbonyl (C=O) groups excluding carboxylic acids is 5. The Morgan fingerprint density at radius 3 is 2.27 bits per heavy atom. The fraction of sp³-hybridized carbons (Fsp3) is 0.348. The zero-order valence-electron chi connectivity index (χ0n) is 34.3. The topological polar surface area (TPSA) is 172 Å². The van der Waals surface area contributed by atoms with Gasteiger partial charge in [-0.2, -0.15) is 5.10 Å². The van der Waals surface area contributed by atoms with Gasteiger partial charge in [0.1, 0.15) is 17.7 Å². The van der Waals surface area contributed by atoms with E-state index in [0.29, 0.717) is 53.5 Å². The number of H-pyrrole nitrogens is 1. The molecule has 4 saturated heterocycles. The number of halogens is 2. The monoisotopic (exact) mass is 857 g/mol. The average molecular weight is 858 g/mol. The van der Waals surface area contributed by atoms with Crippen LogP contribution in [0.1, 0.15) is 67.9 Å². The number of nitrogens with one attached hydrogen (secondary N) is 4. The number of fused-ring (bicyclic) bond motifs is 2. The van der Waals surface area contributed by atoms with Crippen molar-refractivity contribution in [3.05, 3.63) is 112 Å². The van der Waals surface area contributed by atoms with Gasteiger partial charge in [0.2, 0.25) is 11.8 Å². The number of carbonyl (C=O) groups is 5. The summed E-state index contributed by atoms with van der Waals surface area (Å²) >= 11 is 0. The van der Waals surface area contributed by atoms with E-state index < -0.39 is 41.3 Å². The highest BCUT2D eigenvalue weighted by atomic mass is 19.1. The van der Waals surface area contributed by atoms with Crippen molar-refractivity contribution in [3.63, 3.8) is 0 Å². The summed E-state index contributed by atoms with van der Waals surface area (Å²) in [6.07, 6.45) is 2.11. The molecule has 63 heavy (non-hydrogen) atoms. The number of anilines is 4. The summed E-state index contributed by atoms with van der Waals surface area (Å²) in [6, 6.07) is 19.6. The number of piperidine rings is 1. The number of nitrogens with zero attached hydrogens (tertiary/aromatic N) is 5. The lowest BCUT2D eigenvalue weighted by Gasteiger charge is -2.49. The van der Waals surface area contributed by atoms with Gasteiger partial charge in [-0.1, -0.05) is 6.07 Å². The largest absolute Gasteiger partial charge is 0.381 e. The first-order valence-corrected chi connectivity index (χ1v) is 21.4. The van der Waals surface area contributed by atoms with Crippen LogP contribution in [0.3, 0.4) is 0 Å². The Kier molecular flexibility index (Phi) is 10.6. The molecule has 0 bridgehead atoms. The van der Waals surface area contributed by atoms with Gasteiger partial charge in [-0.05, 0) is 97.5 Å². The molecule has 5 aliphatic rings. The number of benzene rings is 4. The fourth-order valence-electron chi connectivity index (χ4n) is 9.40. The minimum atomic E-state index is -1.00. The summed E-state index contributed by atoms with van der Waals surface area (Å²) in [5.41, 5.74) is 5.59. The van der Waals surface area contributed by atoms with E-state index in [4.69, 9.17) is 4.74 Å². The zero-order chi connectivity index (χ0) is 43.4. The van der Waals surface area contributed by atoms with Crippen LogP contribution in [0.4, 0.5) is 31.7 Å². The van der Waals surface area contributed by atoms with E-state index in [0.717, 1.165) is 85.7 Å². The van der Waals surface area contributed by atoms with Gasteiger partial charge in [0, 0.05) is 99.5 Å². The Morgan fingerprint density at radius 1 is 0.778 bits per heavy atom. The fourth-order valence-corrected chi connectivity index (χ4v) is 9.40. The van der Waals surface area contributed by atoms with Crippen molar-refractivity contribution in [1.29, 1.82) is 0 Å². The van der Waals surface area contributed by atoms with E-state index in [1.807, 2.05) is 42.5 Å². The Morgan fingerprint density at radius 2 is 1.51 bits per heavy atom. The van der Waals surface area contributed by atoms with Crippen LogP contribution in [0.15, 0.2) is 72.8 Å². The highest BCUT2D eigenvalue weighted by Gasteiger charge is 2.45. The highest BCUT2D eigenvalue weighted by Crippen LogP contribution is 2.34. The SMILES string of the molecule is O=C1CC[C@@H](N2C(=O)c3ccc(N4CC(N5CCN(c6ccc(C(=O)Nc7n[nH]c8ccc(Cc9cc(F)cc(F)c9)cc78)c(NC7CCOCC7)c6)CC5)C4)cc3C2=O)C(=O)N1. The van der Waals surface area contributed by atoms with Crippen LogP contribution < -0.4 is 25.8 Å². The first-order chi connectivity index (χ1) is 30.5. The average Bonchev–Trinajstić information content (AvgIpc) is 3.76. The summed E-state index contributed by atoms with van der Waals surface area (Å²) < 4.78 is 33.4. The van der Waals surface area contributed by atoms with Crippen LogP contribution in [0.2, 0.25) is 0 Å². The summed E-state index contributed by atoms with van der Waals surface area (Å²) in [5, 5.41) is 16.9. The molecule has 4 N–H and O–H groups in total. The minimum absolute atomic E-state index is 0.0705. The lowest BCUT2D eigenvalue weighted by Crippen LogP contribution is -2.63. The van der Waals surface area contributed by atoms with Gasteiger partial charge >= 0.3 is 0 Å². The molecule has 15 nitrogen and oxygen atoms in total. The summed E-state index contributed by atoms with van der Waals surface area (Å²) in [5.74, 6) is -3.32. The van der Waals surface area contributed by atoms with Crippen molar-refractivity contribution in [3.8, 4) is 0 Å². The number of piperazine rings is 1. The first-order valence-electron chi connectivity index (χ1n) is 21.4. The third kappa shape index (κ3) is 7.97. The smallest absolute Gasteiger partial charge is 0.262 e. The molecule has 0 spiro atoms. The third-order valence-electron chi connectivity index (χ3n) is 12.9. The molecule has 0 aliphatic carbocycles. The molecule has 10 rings (SSSR count). The number of amides is 5. The Hall–Kier alpha value is -6.72. The first kappa shape index (κ1) is 40.4. The molecule has 5 aliphatic heterocycles. The van der Waals surface area contributed by atoms with Crippen molar-refractivity contribution >= 4 is 63.3 Å². The number of ether oxygens (including phenoxy) is 1. The number of aromatic amines is 1. The summed E-state index contributed by atoms with van der Waals surface area (Å²) in [4.78, 5) is 72.7. The van der Waals surface area contributed by atoms with Crippen LogP contribution in [0.25, 0.3) is 10.9 Å². The van der Waals surface area contributed by atoms with Crippen molar-refractivity contribution in [1.82, 2.24) is 25.3 Å². The standard InChI is InChI=1S/C46H45F2N9O6/c47-28-18-27(19-29(48)21-28)17-26-1-6-38-37(20-26)42(53-52-38)51-43(59)35-5-3-32(23-39(35)49-30-9-15-63-16-10-30)54-11-13-55(14-12-54)33-24-56(25-33)31-2-4-34-36(22-31)46(62)57(45(34)61)40-7-8-41(58)50-44(40)60/h1-6,18-23,30,33,40,49H,7-17,24-25H2,(H,50,58,60)(H2,51,52,53,59)/t40-/m1/s1. The maximum absolute atomic E-state index is 14.0. The van der Waals surface area contributed by atoms with Crippen molar-refractivity contribution in [2.24, 2.45) is 0 Å². The second kappa shape index (κ2) is 16.5. The van der Waals surface area contributed by atoms with Crippen molar-refractivity contribution < 1.29 is 37.5 Å². The number of imide groups is 2. The van der Waals surface area contributed by atoms with E-state index in [-0.39, 0.29) is 35.9 Å². The molecular formula is C46H45F2N9O6. The molecule has 0 unspecified atom stereocenters.